The number of rotatable bonds is 7. The molecule has 0 aliphatic rings. The first-order chi connectivity index (χ1) is 11.1. The first-order valence-electron chi connectivity index (χ1n) is 7.60. The summed E-state index contributed by atoms with van der Waals surface area (Å²) in [6.45, 7) is 5.07. The molecule has 2 aromatic rings. The first-order valence-corrected chi connectivity index (χ1v) is 8.40. The Labute approximate surface area is 144 Å². The van der Waals surface area contributed by atoms with Crippen molar-refractivity contribution < 1.29 is 14.3 Å². The predicted molar refractivity (Wildman–Crippen MR) is 95.5 cm³/mol. The van der Waals surface area contributed by atoms with Crippen molar-refractivity contribution >= 4 is 27.5 Å². The summed E-state index contributed by atoms with van der Waals surface area (Å²) < 4.78 is 12.1. The minimum absolute atomic E-state index is 0.189. The summed E-state index contributed by atoms with van der Waals surface area (Å²) in [7, 11) is 0. The molecule has 122 valence electrons. The van der Waals surface area contributed by atoms with Crippen molar-refractivity contribution in [2.24, 2.45) is 0 Å². The van der Waals surface area contributed by atoms with E-state index in [1.54, 1.807) is 18.2 Å². The van der Waals surface area contributed by atoms with E-state index < -0.39 is 0 Å². The van der Waals surface area contributed by atoms with Crippen LogP contribution in [0.1, 0.15) is 30.6 Å². The highest BCUT2D eigenvalue weighted by atomic mass is 79.9. The first kappa shape index (κ1) is 17.3. The number of carbonyl (C=O) groups excluding carboxylic acids is 1. The molecule has 0 saturated heterocycles. The second-order valence-corrected chi connectivity index (χ2v) is 5.82. The van der Waals surface area contributed by atoms with Crippen LogP contribution in [0.4, 0.5) is 5.69 Å². The Morgan fingerprint density at radius 3 is 2.61 bits per heavy atom. The van der Waals surface area contributed by atoms with E-state index in [1.807, 2.05) is 38.1 Å². The standard InChI is InChI=1S/C18H20BrNO3/c1-3-10-23-16-9-8-13(11-17(16)22-4-2)18(21)20-15-7-5-6-14(19)12-15/h5-9,11-12H,3-4,10H2,1-2H3,(H,20,21). The van der Waals surface area contributed by atoms with Crippen LogP contribution in [0.5, 0.6) is 11.5 Å². The van der Waals surface area contributed by atoms with E-state index in [-0.39, 0.29) is 5.91 Å². The number of anilines is 1. The Morgan fingerprint density at radius 2 is 1.91 bits per heavy atom. The topological polar surface area (TPSA) is 47.6 Å². The third-order valence-corrected chi connectivity index (χ3v) is 3.54. The van der Waals surface area contributed by atoms with E-state index in [0.717, 1.165) is 16.6 Å². The zero-order valence-electron chi connectivity index (χ0n) is 13.3. The highest BCUT2D eigenvalue weighted by Gasteiger charge is 2.12. The molecule has 5 heteroatoms. The molecule has 0 bridgehead atoms. The number of hydrogen-bond acceptors (Lipinski definition) is 3. The van der Waals surface area contributed by atoms with Gasteiger partial charge in [0.1, 0.15) is 0 Å². The summed E-state index contributed by atoms with van der Waals surface area (Å²) in [4.78, 5) is 12.4. The highest BCUT2D eigenvalue weighted by Crippen LogP contribution is 2.29. The average Bonchev–Trinajstić information content (AvgIpc) is 2.54. The number of halogens is 1. The van der Waals surface area contributed by atoms with Gasteiger partial charge in [0, 0.05) is 15.7 Å². The summed E-state index contributed by atoms with van der Waals surface area (Å²) in [6, 6.07) is 12.7. The molecule has 1 amide bonds. The van der Waals surface area contributed by atoms with Crippen LogP contribution in [0.15, 0.2) is 46.9 Å². The Morgan fingerprint density at radius 1 is 1.09 bits per heavy atom. The van der Waals surface area contributed by atoms with Gasteiger partial charge in [0.25, 0.3) is 5.91 Å². The number of carbonyl (C=O) groups is 1. The van der Waals surface area contributed by atoms with Crippen LogP contribution in [-0.4, -0.2) is 19.1 Å². The smallest absolute Gasteiger partial charge is 0.255 e. The fraction of sp³-hybridized carbons (Fsp3) is 0.278. The Balaban J connectivity index is 2.17. The maximum Gasteiger partial charge on any atom is 0.255 e. The quantitative estimate of drug-likeness (QED) is 0.746. The van der Waals surface area contributed by atoms with Crippen molar-refractivity contribution in [1.29, 1.82) is 0 Å². The van der Waals surface area contributed by atoms with Crippen LogP contribution >= 0.6 is 15.9 Å². The van der Waals surface area contributed by atoms with Gasteiger partial charge in [0.2, 0.25) is 0 Å². The van der Waals surface area contributed by atoms with E-state index in [4.69, 9.17) is 9.47 Å². The lowest BCUT2D eigenvalue weighted by Gasteiger charge is -2.13. The normalized spacial score (nSPS) is 10.2. The van der Waals surface area contributed by atoms with E-state index in [9.17, 15) is 4.79 Å². The number of benzene rings is 2. The summed E-state index contributed by atoms with van der Waals surface area (Å²) in [5.41, 5.74) is 1.26. The minimum atomic E-state index is -0.189. The maximum absolute atomic E-state index is 12.4. The maximum atomic E-state index is 12.4. The molecule has 0 aromatic heterocycles. The highest BCUT2D eigenvalue weighted by molar-refractivity contribution is 9.10. The molecule has 0 atom stereocenters. The van der Waals surface area contributed by atoms with Crippen LogP contribution in [0, 0.1) is 0 Å². The Hall–Kier alpha value is -2.01. The van der Waals surface area contributed by atoms with Crippen molar-refractivity contribution in [3.05, 3.63) is 52.5 Å². The van der Waals surface area contributed by atoms with Gasteiger partial charge in [-0.3, -0.25) is 4.79 Å². The summed E-state index contributed by atoms with van der Waals surface area (Å²) in [5, 5.41) is 2.87. The lowest BCUT2D eigenvalue weighted by atomic mass is 10.2. The van der Waals surface area contributed by atoms with Crippen LogP contribution in [0.2, 0.25) is 0 Å². The average molecular weight is 378 g/mol. The molecule has 0 saturated carbocycles. The van der Waals surface area contributed by atoms with Crippen molar-refractivity contribution in [3.63, 3.8) is 0 Å². The molecule has 0 radical (unpaired) electrons. The van der Waals surface area contributed by atoms with Crippen molar-refractivity contribution in [2.75, 3.05) is 18.5 Å². The van der Waals surface area contributed by atoms with Gasteiger partial charge in [-0.2, -0.15) is 0 Å². The second kappa shape index (κ2) is 8.58. The van der Waals surface area contributed by atoms with Gasteiger partial charge in [0.05, 0.1) is 13.2 Å². The molecule has 23 heavy (non-hydrogen) atoms. The molecular weight excluding hydrogens is 358 g/mol. The van der Waals surface area contributed by atoms with Crippen LogP contribution in [0.25, 0.3) is 0 Å². The third kappa shape index (κ3) is 4.99. The van der Waals surface area contributed by atoms with Gasteiger partial charge >= 0.3 is 0 Å². The number of ether oxygens (including phenoxy) is 2. The monoisotopic (exact) mass is 377 g/mol. The molecule has 2 rings (SSSR count). The molecule has 0 unspecified atom stereocenters. The van der Waals surface area contributed by atoms with Crippen LogP contribution in [-0.2, 0) is 0 Å². The van der Waals surface area contributed by atoms with Crippen molar-refractivity contribution in [3.8, 4) is 11.5 Å². The summed E-state index contributed by atoms with van der Waals surface area (Å²) in [6.07, 6.45) is 0.913. The van der Waals surface area contributed by atoms with E-state index in [1.165, 1.54) is 0 Å². The largest absolute Gasteiger partial charge is 0.490 e. The zero-order chi connectivity index (χ0) is 16.7. The minimum Gasteiger partial charge on any atom is -0.490 e. The molecule has 0 aliphatic heterocycles. The molecule has 0 heterocycles. The van der Waals surface area contributed by atoms with Gasteiger partial charge in [-0.15, -0.1) is 0 Å². The molecule has 0 aliphatic carbocycles. The summed E-state index contributed by atoms with van der Waals surface area (Å²) in [5.74, 6) is 1.06. The fourth-order valence-corrected chi connectivity index (χ4v) is 2.42. The Kier molecular flexibility index (Phi) is 6.47. The molecule has 0 spiro atoms. The van der Waals surface area contributed by atoms with Gasteiger partial charge < -0.3 is 14.8 Å². The second-order valence-electron chi connectivity index (χ2n) is 4.91. The number of hydrogen-bond donors (Lipinski definition) is 1. The summed E-state index contributed by atoms with van der Waals surface area (Å²) >= 11 is 3.39. The van der Waals surface area contributed by atoms with Gasteiger partial charge in [0.15, 0.2) is 11.5 Å². The Bertz CT molecular complexity index is 673. The molecule has 4 nitrogen and oxygen atoms in total. The van der Waals surface area contributed by atoms with E-state index in [0.29, 0.717) is 30.3 Å². The zero-order valence-corrected chi connectivity index (χ0v) is 14.9. The molecule has 2 aromatic carbocycles. The molecule has 1 N–H and O–H groups in total. The molecular formula is C18H20BrNO3. The van der Waals surface area contributed by atoms with Gasteiger partial charge in [-0.05, 0) is 49.7 Å². The third-order valence-electron chi connectivity index (χ3n) is 3.05. The number of nitrogens with one attached hydrogen (secondary N) is 1. The predicted octanol–water partition coefficient (Wildman–Crippen LogP) is 4.89. The lowest BCUT2D eigenvalue weighted by molar-refractivity contribution is 0.102. The fourth-order valence-electron chi connectivity index (χ4n) is 2.02. The SMILES string of the molecule is CCCOc1ccc(C(=O)Nc2cccc(Br)c2)cc1OCC. The van der Waals surface area contributed by atoms with E-state index >= 15 is 0 Å². The molecule has 0 fully saturated rings. The van der Waals surface area contributed by atoms with Crippen LogP contribution in [0.3, 0.4) is 0 Å². The van der Waals surface area contributed by atoms with Crippen molar-refractivity contribution in [2.45, 2.75) is 20.3 Å². The van der Waals surface area contributed by atoms with Crippen LogP contribution < -0.4 is 14.8 Å². The number of amides is 1. The van der Waals surface area contributed by atoms with E-state index in [2.05, 4.69) is 21.2 Å². The van der Waals surface area contributed by atoms with Crippen molar-refractivity contribution in [1.82, 2.24) is 0 Å². The van der Waals surface area contributed by atoms with Gasteiger partial charge in [-0.1, -0.05) is 28.9 Å². The van der Waals surface area contributed by atoms with Gasteiger partial charge in [-0.25, -0.2) is 0 Å². The lowest BCUT2D eigenvalue weighted by Crippen LogP contribution is -2.12.